The predicted molar refractivity (Wildman–Crippen MR) is 100 cm³/mol. The minimum absolute atomic E-state index is 0.104. The molecule has 1 amide bonds. The van der Waals surface area contributed by atoms with Crippen molar-refractivity contribution in [3.8, 4) is 5.69 Å². The first-order chi connectivity index (χ1) is 12.4. The van der Waals surface area contributed by atoms with Crippen LogP contribution in [0.1, 0.15) is 27.3 Å². The number of carbonyl (C=O) groups excluding carboxylic acids is 1. The normalized spacial score (nSPS) is 10.8. The Kier molecular flexibility index (Phi) is 5.09. The first kappa shape index (κ1) is 18.1. The van der Waals surface area contributed by atoms with Crippen molar-refractivity contribution in [3.63, 3.8) is 0 Å². The summed E-state index contributed by atoms with van der Waals surface area (Å²) >= 11 is 6.19. The topological polar surface area (TPSA) is 38.1 Å². The number of amides is 1. The summed E-state index contributed by atoms with van der Waals surface area (Å²) in [6, 6.07) is 13.4. The monoisotopic (exact) mass is 371 g/mol. The maximum atomic E-state index is 13.0. The van der Waals surface area contributed by atoms with Crippen LogP contribution in [0.2, 0.25) is 5.02 Å². The van der Waals surface area contributed by atoms with Crippen LogP contribution in [0.25, 0.3) is 5.69 Å². The lowest BCUT2D eigenvalue weighted by Gasteiger charge is -2.17. The Labute approximate surface area is 156 Å². The zero-order valence-corrected chi connectivity index (χ0v) is 15.6. The van der Waals surface area contributed by atoms with Gasteiger partial charge in [0.2, 0.25) is 0 Å². The van der Waals surface area contributed by atoms with Gasteiger partial charge in [-0.1, -0.05) is 23.7 Å². The molecular formula is C20H19ClFN3O. The van der Waals surface area contributed by atoms with Gasteiger partial charge >= 0.3 is 0 Å². The third-order valence-corrected chi connectivity index (χ3v) is 4.79. The Balaban J connectivity index is 1.76. The van der Waals surface area contributed by atoms with E-state index >= 15 is 0 Å². The standard InChI is InChI=1S/C20H19ClFN3O/c1-13-19(21)14(2)25(23-13)18-10-6-16(7-11-18)20(26)24(3)12-15-4-8-17(22)9-5-15/h4-11H,12H2,1-3H3. The lowest BCUT2D eigenvalue weighted by atomic mass is 10.1. The number of hydrogen-bond donors (Lipinski definition) is 0. The zero-order chi connectivity index (χ0) is 18.8. The molecule has 0 saturated carbocycles. The predicted octanol–water partition coefficient (Wildman–Crippen LogP) is 4.55. The highest BCUT2D eigenvalue weighted by Crippen LogP contribution is 2.22. The average molecular weight is 372 g/mol. The summed E-state index contributed by atoms with van der Waals surface area (Å²) < 4.78 is 14.7. The SMILES string of the molecule is Cc1nn(-c2ccc(C(=O)N(C)Cc3ccc(F)cc3)cc2)c(C)c1Cl. The molecule has 134 valence electrons. The quantitative estimate of drug-likeness (QED) is 0.674. The summed E-state index contributed by atoms with van der Waals surface area (Å²) in [5.41, 5.74) is 3.91. The Morgan fingerprint density at radius 3 is 2.27 bits per heavy atom. The van der Waals surface area contributed by atoms with Gasteiger partial charge in [0, 0.05) is 19.2 Å². The summed E-state index contributed by atoms with van der Waals surface area (Å²) in [6.45, 7) is 4.17. The number of rotatable bonds is 4. The summed E-state index contributed by atoms with van der Waals surface area (Å²) in [7, 11) is 1.72. The molecule has 1 heterocycles. The number of halogens is 2. The molecule has 6 heteroatoms. The van der Waals surface area contributed by atoms with E-state index < -0.39 is 0 Å². The van der Waals surface area contributed by atoms with E-state index in [0.29, 0.717) is 17.1 Å². The second-order valence-electron chi connectivity index (χ2n) is 6.23. The molecule has 0 aliphatic heterocycles. The molecule has 1 aromatic heterocycles. The fourth-order valence-corrected chi connectivity index (χ4v) is 2.89. The van der Waals surface area contributed by atoms with E-state index in [0.717, 1.165) is 22.6 Å². The van der Waals surface area contributed by atoms with Crippen molar-refractivity contribution in [2.45, 2.75) is 20.4 Å². The van der Waals surface area contributed by atoms with E-state index in [-0.39, 0.29) is 11.7 Å². The number of nitrogens with zero attached hydrogens (tertiary/aromatic N) is 3. The molecule has 0 fully saturated rings. The number of hydrogen-bond acceptors (Lipinski definition) is 2. The molecule has 0 N–H and O–H groups in total. The third-order valence-electron chi connectivity index (χ3n) is 4.24. The van der Waals surface area contributed by atoms with Crippen LogP contribution in [0.3, 0.4) is 0 Å². The highest BCUT2D eigenvalue weighted by atomic mass is 35.5. The third kappa shape index (κ3) is 3.63. The Hall–Kier alpha value is -2.66. The molecule has 0 unspecified atom stereocenters. The molecule has 0 saturated heterocycles. The molecule has 4 nitrogen and oxygen atoms in total. The van der Waals surface area contributed by atoms with Gasteiger partial charge in [0.05, 0.1) is 22.1 Å². The molecule has 3 rings (SSSR count). The molecule has 2 aromatic carbocycles. The van der Waals surface area contributed by atoms with Crippen molar-refractivity contribution in [3.05, 3.63) is 81.9 Å². The number of aryl methyl sites for hydroxylation is 1. The van der Waals surface area contributed by atoms with Crippen molar-refractivity contribution < 1.29 is 9.18 Å². The average Bonchev–Trinajstić information content (AvgIpc) is 2.90. The van der Waals surface area contributed by atoms with Crippen LogP contribution in [0.15, 0.2) is 48.5 Å². The van der Waals surface area contributed by atoms with Crippen LogP contribution >= 0.6 is 11.6 Å². The molecule has 0 spiro atoms. The molecule has 0 atom stereocenters. The maximum absolute atomic E-state index is 13.0. The van der Waals surface area contributed by atoms with Gasteiger partial charge < -0.3 is 4.90 Å². The van der Waals surface area contributed by atoms with E-state index in [1.165, 1.54) is 12.1 Å². The highest BCUT2D eigenvalue weighted by Gasteiger charge is 2.14. The highest BCUT2D eigenvalue weighted by molar-refractivity contribution is 6.31. The number of carbonyl (C=O) groups is 1. The first-order valence-corrected chi connectivity index (χ1v) is 8.56. The van der Waals surface area contributed by atoms with Crippen molar-refractivity contribution >= 4 is 17.5 Å². The Morgan fingerprint density at radius 2 is 1.73 bits per heavy atom. The summed E-state index contributed by atoms with van der Waals surface area (Å²) in [5, 5.41) is 5.05. The summed E-state index contributed by atoms with van der Waals surface area (Å²) in [4.78, 5) is 14.2. The van der Waals surface area contributed by atoms with Gasteiger partial charge in [0.25, 0.3) is 5.91 Å². The number of benzene rings is 2. The Morgan fingerprint density at radius 1 is 1.12 bits per heavy atom. The lowest BCUT2D eigenvalue weighted by Crippen LogP contribution is -2.26. The van der Waals surface area contributed by atoms with Gasteiger partial charge in [-0.3, -0.25) is 4.79 Å². The zero-order valence-electron chi connectivity index (χ0n) is 14.8. The summed E-state index contributed by atoms with van der Waals surface area (Å²) in [6.07, 6.45) is 0. The van der Waals surface area contributed by atoms with Gasteiger partial charge in [0.15, 0.2) is 0 Å². The van der Waals surface area contributed by atoms with E-state index in [2.05, 4.69) is 5.10 Å². The molecular weight excluding hydrogens is 353 g/mol. The fraction of sp³-hybridized carbons (Fsp3) is 0.200. The van der Waals surface area contributed by atoms with Crippen LogP contribution in [-0.2, 0) is 6.54 Å². The van der Waals surface area contributed by atoms with Gasteiger partial charge in [-0.15, -0.1) is 0 Å². The van der Waals surface area contributed by atoms with E-state index in [1.807, 2.05) is 26.0 Å². The van der Waals surface area contributed by atoms with Crippen LogP contribution in [0.4, 0.5) is 4.39 Å². The molecule has 3 aromatic rings. The van der Waals surface area contributed by atoms with E-state index in [9.17, 15) is 9.18 Å². The largest absolute Gasteiger partial charge is 0.337 e. The van der Waals surface area contributed by atoms with Crippen LogP contribution in [0, 0.1) is 19.7 Å². The first-order valence-electron chi connectivity index (χ1n) is 8.19. The van der Waals surface area contributed by atoms with Crippen molar-refractivity contribution in [1.82, 2.24) is 14.7 Å². The number of aromatic nitrogens is 2. The van der Waals surface area contributed by atoms with Crippen molar-refractivity contribution in [2.75, 3.05) is 7.05 Å². The molecule has 0 aliphatic carbocycles. The van der Waals surface area contributed by atoms with Crippen LogP contribution in [0.5, 0.6) is 0 Å². The second-order valence-corrected chi connectivity index (χ2v) is 6.61. The van der Waals surface area contributed by atoms with Gasteiger partial charge in [-0.2, -0.15) is 5.10 Å². The van der Waals surface area contributed by atoms with Crippen LogP contribution in [-0.4, -0.2) is 27.6 Å². The van der Waals surface area contributed by atoms with Crippen molar-refractivity contribution in [1.29, 1.82) is 0 Å². The van der Waals surface area contributed by atoms with Gasteiger partial charge in [-0.05, 0) is 55.8 Å². The van der Waals surface area contributed by atoms with Gasteiger partial charge in [0.1, 0.15) is 5.82 Å². The fourth-order valence-electron chi connectivity index (χ4n) is 2.78. The maximum Gasteiger partial charge on any atom is 0.253 e. The molecule has 0 aliphatic rings. The van der Waals surface area contributed by atoms with Gasteiger partial charge in [-0.25, -0.2) is 9.07 Å². The Bertz CT molecular complexity index is 933. The van der Waals surface area contributed by atoms with Crippen molar-refractivity contribution in [2.24, 2.45) is 0 Å². The minimum atomic E-state index is -0.289. The molecule has 26 heavy (non-hydrogen) atoms. The van der Waals surface area contributed by atoms with E-state index in [1.54, 1.807) is 40.9 Å². The lowest BCUT2D eigenvalue weighted by molar-refractivity contribution is 0.0785. The summed E-state index contributed by atoms with van der Waals surface area (Å²) in [5.74, 6) is -0.394. The van der Waals surface area contributed by atoms with E-state index in [4.69, 9.17) is 11.6 Å². The molecule has 0 bridgehead atoms. The minimum Gasteiger partial charge on any atom is -0.337 e. The second kappa shape index (κ2) is 7.30. The van der Waals surface area contributed by atoms with Crippen LogP contribution < -0.4 is 0 Å². The molecule has 0 radical (unpaired) electrons. The smallest absolute Gasteiger partial charge is 0.253 e.